The molecule has 0 radical (unpaired) electrons. The fourth-order valence-corrected chi connectivity index (χ4v) is 1.81. The Morgan fingerprint density at radius 1 is 1.44 bits per heavy atom. The molecule has 0 saturated heterocycles. The monoisotopic (exact) mass is 261 g/mol. The Labute approximate surface area is 111 Å². The van der Waals surface area contributed by atoms with Gasteiger partial charge in [0.2, 0.25) is 0 Å². The number of hydrogen-bond donors (Lipinski definition) is 2. The Hall–Kier alpha value is -1.95. The number of nitrogens with zero attached hydrogens (tertiary/aromatic N) is 3. The quantitative estimate of drug-likeness (QED) is 0.608. The fraction of sp³-hybridized carbons (Fsp3) is 0.250. The van der Waals surface area contributed by atoms with Crippen LogP contribution in [0.25, 0.3) is 0 Å². The van der Waals surface area contributed by atoms with Crippen LogP contribution in [0.3, 0.4) is 0 Å². The summed E-state index contributed by atoms with van der Waals surface area (Å²) in [4.78, 5) is 8.47. The summed E-state index contributed by atoms with van der Waals surface area (Å²) in [5.41, 5.74) is 7.15. The molecule has 0 atom stereocenters. The average Bonchev–Trinajstić information content (AvgIpc) is 2.88. The van der Waals surface area contributed by atoms with E-state index in [9.17, 15) is 0 Å². The first kappa shape index (κ1) is 12.5. The third kappa shape index (κ3) is 3.27. The molecule has 0 aliphatic rings. The molecule has 2 aromatic rings. The van der Waals surface area contributed by atoms with Gasteiger partial charge in [0.1, 0.15) is 10.7 Å². The van der Waals surface area contributed by atoms with E-state index >= 15 is 0 Å². The molecule has 2 rings (SSSR count). The summed E-state index contributed by atoms with van der Waals surface area (Å²) < 4.78 is 2.04. The lowest BCUT2D eigenvalue weighted by atomic mass is 10.3. The van der Waals surface area contributed by atoms with Crippen molar-refractivity contribution in [2.75, 3.05) is 11.9 Å². The highest BCUT2D eigenvalue weighted by Gasteiger charge is 2.04. The fourth-order valence-electron chi connectivity index (χ4n) is 1.65. The van der Waals surface area contributed by atoms with Crippen molar-refractivity contribution in [3.63, 3.8) is 0 Å². The summed E-state index contributed by atoms with van der Waals surface area (Å²) in [5.74, 6) is 0. The maximum Gasteiger partial charge on any atom is 0.124 e. The van der Waals surface area contributed by atoms with E-state index in [0.717, 1.165) is 25.2 Å². The van der Waals surface area contributed by atoms with Gasteiger partial charge in [-0.05, 0) is 18.6 Å². The molecule has 5 nitrogen and oxygen atoms in total. The second-order valence-corrected chi connectivity index (χ2v) is 4.28. The molecular weight excluding hydrogens is 246 g/mol. The van der Waals surface area contributed by atoms with E-state index in [1.807, 2.05) is 29.2 Å². The Balaban J connectivity index is 1.85. The third-order valence-electron chi connectivity index (χ3n) is 2.51. The van der Waals surface area contributed by atoms with Gasteiger partial charge in [0.15, 0.2) is 0 Å². The van der Waals surface area contributed by atoms with E-state index in [1.165, 1.54) is 0 Å². The van der Waals surface area contributed by atoms with Crippen molar-refractivity contribution in [1.29, 1.82) is 0 Å². The van der Waals surface area contributed by atoms with Crippen LogP contribution in [0, 0.1) is 0 Å². The lowest BCUT2D eigenvalue weighted by Gasteiger charge is -2.10. The highest BCUT2D eigenvalue weighted by molar-refractivity contribution is 7.80. The summed E-state index contributed by atoms with van der Waals surface area (Å²) in [5, 5.41) is 3.29. The van der Waals surface area contributed by atoms with Crippen molar-refractivity contribution in [2.45, 2.75) is 13.0 Å². The van der Waals surface area contributed by atoms with Crippen molar-refractivity contribution >= 4 is 22.9 Å². The van der Waals surface area contributed by atoms with Crippen molar-refractivity contribution in [2.24, 2.45) is 5.73 Å². The number of rotatable bonds is 6. The van der Waals surface area contributed by atoms with Crippen LogP contribution in [0.2, 0.25) is 0 Å². The first-order chi connectivity index (χ1) is 8.77. The normalized spacial score (nSPS) is 10.2. The standard InChI is InChI=1S/C12H15N5S/c13-12(18)11-10(3-1-4-16-11)15-5-2-7-17-8-6-14-9-17/h1,3-4,6,8-9,15H,2,5,7H2,(H2,13,18). The molecule has 2 heterocycles. The van der Waals surface area contributed by atoms with Crippen molar-refractivity contribution in [3.8, 4) is 0 Å². The van der Waals surface area contributed by atoms with E-state index in [2.05, 4.69) is 15.3 Å². The van der Waals surface area contributed by atoms with Gasteiger partial charge < -0.3 is 15.6 Å². The molecule has 0 fully saturated rings. The van der Waals surface area contributed by atoms with Crippen molar-refractivity contribution in [3.05, 3.63) is 42.7 Å². The molecule has 0 aliphatic carbocycles. The predicted molar refractivity (Wildman–Crippen MR) is 75.5 cm³/mol. The molecule has 0 aromatic carbocycles. The smallest absolute Gasteiger partial charge is 0.124 e. The van der Waals surface area contributed by atoms with Gasteiger partial charge >= 0.3 is 0 Å². The maximum absolute atomic E-state index is 5.61. The van der Waals surface area contributed by atoms with E-state index < -0.39 is 0 Å². The zero-order valence-corrected chi connectivity index (χ0v) is 10.7. The van der Waals surface area contributed by atoms with E-state index in [4.69, 9.17) is 18.0 Å². The number of anilines is 1. The van der Waals surface area contributed by atoms with Gasteiger partial charge in [-0.25, -0.2) is 4.98 Å². The highest BCUT2D eigenvalue weighted by atomic mass is 32.1. The Morgan fingerprint density at radius 2 is 2.33 bits per heavy atom. The molecule has 0 aliphatic heterocycles. The number of nitrogens with two attached hydrogens (primary N) is 1. The average molecular weight is 261 g/mol. The van der Waals surface area contributed by atoms with Crippen molar-refractivity contribution in [1.82, 2.24) is 14.5 Å². The van der Waals surface area contributed by atoms with Crippen LogP contribution in [0.15, 0.2) is 37.1 Å². The Morgan fingerprint density at radius 3 is 3.06 bits per heavy atom. The first-order valence-corrected chi connectivity index (χ1v) is 6.12. The molecule has 2 aromatic heterocycles. The SMILES string of the molecule is NC(=S)c1ncccc1NCCCn1ccnc1. The van der Waals surface area contributed by atoms with Gasteiger partial charge in [-0.1, -0.05) is 12.2 Å². The lowest BCUT2D eigenvalue weighted by Crippen LogP contribution is -2.16. The van der Waals surface area contributed by atoms with Crippen LogP contribution in [0.1, 0.15) is 12.1 Å². The molecule has 6 heteroatoms. The number of thiocarbonyl (C=S) groups is 1. The molecule has 94 valence electrons. The number of hydrogen-bond acceptors (Lipinski definition) is 4. The number of nitrogens with one attached hydrogen (secondary N) is 1. The van der Waals surface area contributed by atoms with Gasteiger partial charge in [0.25, 0.3) is 0 Å². The zero-order chi connectivity index (χ0) is 12.8. The first-order valence-electron chi connectivity index (χ1n) is 5.72. The second-order valence-electron chi connectivity index (χ2n) is 3.84. The topological polar surface area (TPSA) is 68.8 Å². The summed E-state index contributed by atoms with van der Waals surface area (Å²) in [6.45, 7) is 1.76. The van der Waals surface area contributed by atoms with Gasteiger partial charge in [-0.3, -0.25) is 4.98 Å². The van der Waals surface area contributed by atoms with E-state index in [0.29, 0.717) is 10.7 Å². The van der Waals surface area contributed by atoms with Crippen LogP contribution in [0.5, 0.6) is 0 Å². The van der Waals surface area contributed by atoms with Gasteiger partial charge in [-0.2, -0.15) is 0 Å². The van der Waals surface area contributed by atoms with Gasteiger partial charge in [-0.15, -0.1) is 0 Å². The molecule has 0 unspecified atom stereocenters. The lowest BCUT2D eigenvalue weighted by molar-refractivity contribution is 0.660. The Bertz CT molecular complexity index is 509. The molecule has 0 bridgehead atoms. The third-order valence-corrected chi connectivity index (χ3v) is 2.70. The van der Waals surface area contributed by atoms with Crippen LogP contribution >= 0.6 is 12.2 Å². The summed E-state index contributed by atoms with van der Waals surface area (Å²) in [6, 6.07) is 3.79. The second kappa shape index (κ2) is 6.11. The molecular formula is C12H15N5S. The highest BCUT2D eigenvalue weighted by Crippen LogP contribution is 2.11. The summed E-state index contributed by atoms with van der Waals surface area (Å²) in [6.07, 6.45) is 8.21. The van der Waals surface area contributed by atoms with Crippen LogP contribution < -0.4 is 11.1 Å². The molecule has 0 spiro atoms. The van der Waals surface area contributed by atoms with E-state index in [1.54, 1.807) is 12.4 Å². The zero-order valence-electron chi connectivity index (χ0n) is 9.91. The number of imidazole rings is 1. The number of aryl methyl sites for hydroxylation is 1. The van der Waals surface area contributed by atoms with Crippen LogP contribution in [-0.2, 0) is 6.54 Å². The van der Waals surface area contributed by atoms with Crippen LogP contribution in [0.4, 0.5) is 5.69 Å². The van der Waals surface area contributed by atoms with Gasteiger partial charge in [0, 0.05) is 31.7 Å². The molecule has 18 heavy (non-hydrogen) atoms. The Kier molecular flexibility index (Phi) is 4.25. The van der Waals surface area contributed by atoms with E-state index in [-0.39, 0.29) is 0 Å². The van der Waals surface area contributed by atoms with Crippen LogP contribution in [-0.4, -0.2) is 26.1 Å². The summed E-state index contributed by atoms with van der Waals surface area (Å²) in [7, 11) is 0. The van der Waals surface area contributed by atoms with Gasteiger partial charge in [0.05, 0.1) is 12.0 Å². The number of aromatic nitrogens is 3. The molecule has 3 N–H and O–H groups in total. The molecule has 0 saturated carbocycles. The maximum atomic E-state index is 5.61. The minimum Gasteiger partial charge on any atom is -0.388 e. The predicted octanol–water partition coefficient (Wildman–Crippen LogP) is 1.41. The van der Waals surface area contributed by atoms with Crippen molar-refractivity contribution < 1.29 is 0 Å². The number of pyridine rings is 1. The minimum absolute atomic E-state index is 0.313. The summed E-state index contributed by atoms with van der Waals surface area (Å²) >= 11 is 4.96. The minimum atomic E-state index is 0.313. The largest absolute Gasteiger partial charge is 0.388 e. The molecule has 0 amide bonds.